The second kappa shape index (κ2) is 7.96. The van der Waals surface area contributed by atoms with Gasteiger partial charge in [-0.05, 0) is 43.9 Å². The summed E-state index contributed by atoms with van der Waals surface area (Å²) in [6.07, 6.45) is 6.60. The Morgan fingerprint density at radius 2 is 2.05 bits per heavy atom. The second-order valence-electron chi connectivity index (χ2n) is 5.62. The Balaban J connectivity index is 1.73. The fourth-order valence-corrected chi connectivity index (χ4v) is 4.22. The van der Waals surface area contributed by atoms with E-state index in [1.165, 1.54) is 43.4 Å². The highest BCUT2D eigenvalue weighted by molar-refractivity contribution is 7.99. The van der Waals surface area contributed by atoms with Crippen LogP contribution in [0, 0.1) is 0 Å². The smallest absolute Gasteiger partial charge is 0.0201 e. The van der Waals surface area contributed by atoms with Gasteiger partial charge in [-0.1, -0.05) is 43.7 Å². The molecule has 1 aromatic carbocycles. The van der Waals surface area contributed by atoms with Gasteiger partial charge in [-0.3, -0.25) is 0 Å². The molecule has 1 aliphatic carbocycles. The van der Waals surface area contributed by atoms with E-state index >= 15 is 0 Å². The van der Waals surface area contributed by atoms with Gasteiger partial charge in [-0.15, -0.1) is 0 Å². The van der Waals surface area contributed by atoms with Gasteiger partial charge in [0.2, 0.25) is 0 Å². The minimum atomic E-state index is 0.628. The Kier molecular flexibility index (Phi) is 6.25. The van der Waals surface area contributed by atoms with E-state index in [0.717, 1.165) is 11.3 Å². The van der Waals surface area contributed by atoms with Crippen LogP contribution in [0.25, 0.3) is 0 Å². The van der Waals surface area contributed by atoms with Gasteiger partial charge in [0.15, 0.2) is 0 Å². The summed E-state index contributed by atoms with van der Waals surface area (Å²) in [7, 11) is 0. The fourth-order valence-electron chi connectivity index (χ4n) is 3.01. The van der Waals surface area contributed by atoms with Gasteiger partial charge in [-0.2, -0.15) is 11.8 Å². The van der Waals surface area contributed by atoms with Crippen LogP contribution in [-0.2, 0) is 6.42 Å². The van der Waals surface area contributed by atoms with Crippen LogP contribution < -0.4 is 5.32 Å². The van der Waals surface area contributed by atoms with Crippen molar-refractivity contribution in [3.8, 4) is 0 Å². The van der Waals surface area contributed by atoms with Crippen LogP contribution in [-0.4, -0.2) is 23.1 Å². The lowest BCUT2D eigenvalue weighted by Crippen LogP contribution is -2.40. The third-order valence-corrected chi connectivity index (χ3v) is 5.37. The molecule has 0 amide bonds. The topological polar surface area (TPSA) is 12.0 Å². The Hall–Kier alpha value is -0.470. The molecule has 19 heavy (non-hydrogen) atoms. The first-order chi connectivity index (χ1) is 9.29. The first-order valence-corrected chi connectivity index (χ1v) is 8.76. The summed E-state index contributed by atoms with van der Waals surface area (Å²) in [5, 5.41) is 4.71. The van der Waals surface area contributed by atoms with Gasteiger partial charge in [0.1, 0.15) is 0 Å². The average Bonchev–Trinajstić information content (AvgIpc) is 2.85. The second-order valence-corrected chi connectivity index (χ2v) is 7.14. The molecule has 2 rings (SSSR count). The van der Waals surface area contributed by atoms with E-state index in [4.69, 9.17) is 0 Å². The summed E-state index contributed by atoms with van der Waals surface area (Å²) >= 11 is 2.14. The number of hydrogen-bond acceptors (Lipinski definition) is 2. The zero-order valence-corrected chi connectivity index (χ0v) is 13.1. The van der Waals surface area contributed by atoms with Crippen molar-refractivity contribution in [1.29, 1.82) is 0 Å². The third kappa shape index (κ3) is 4.85. The van der Waals surface area contributed by atoms with Crippen molar-refractivity contribution in [2.75, 3.05) is 5.75 Å². The molecule has 1 nitrogen and oxygen atoms in total. The van der Waals surface area contributed by atoms with Crippen molar-refractivity contribution in [3.63, 3.8) is 0 Å². The maximum absolute atomic E-state index is 3.86. The lowest BCUT2D eigenvalue weighted by molar-refractivity contribution is 0.436. The first-order valence-electron chi connectivity index (χ1n) is 7.71. The van der Waals surface area contributed by atoms with Crippen LogP contribution in [0.3, 0.4) is 0 Å². The van der Waals surface area contributed by atoms with Crippen molar-refractivity contribution in [2.24, 2.45) is 0 Å². The molecule has 1 aromatic rings. The highest BCUT2D eigenvalue weighted by Crippen LogP contribution is 2.30. The Morgan fingerprint density at radius 3 is 2.79 bits per heavy atom. The molecule has 2 heteroatoms. The number of benzene rings is 1. The molecule has 1 N–H and O–H groups in total. The third-order valence-electron chi connectivity index (χ3n) is 4.04. The van der Waals surface area contributed by atoms with Gasteiger partial charge >= 0.3 is 0 Å². The molecule has 0 saturated heterocycles. The van der Waals surface area contributed by atoms with Gasteiger partial charge < -0.3 is 5.32 Å². The summed E-state index contributed by atoms with van der Waals surface area (Å²) in [6.45, 7) is 4.62. The normalized spacial score (nSPS) is 24.5. The van der Waals surface area contributed by atoms with E-state index in [1.54, 1.807) is 0 Å². The molecule has 0 aromatic heterocycles. The van der Waals surface area contributed by atoms with E-state index < -0.39 is 0 Å². The SMILES string of the molecule is CCSC1CCCC1NC(C)CCc1ccccc1. The molecular weight excluding hydrogens is 250 g/mol. The van der Waals surface area contributed by atoms with Gasteiger partial charge in [-0.25, -0.2) is 0 Å². The molecule has 0 bridgehead atoms. The van der Waals surface area contributed by atoms with Crippen molar-refractivity contribution >= 4 is 11.8 Å². The summed E-state index contributed by atoms with van der Waals surface area (Å²) in [6, 6.07) is 12.2. The van der Waals surface area contributed by atoms with Crippen LogP contribution in [0.15, 0.2) is 30.3 Å². The van der Waals surface area contributed by atoms with E-state index in [9.17, 15) is 0 Å². The van der Waals surface area contributed by atoms with Crippen molar-refractivity contribution in [3.05, 3.63) is 35.9 Å². The van der Waals surface area contributed by atoms with Crippen LogP contribution in [0.2, 0.25) is 0 Å². The number of nitrogens with one attached hydrogen (secondary N) is 1. The Labute approximate surface area is 122 Å². The van der Waals surface area contributed by atoms with E-state index in [0.29, 0.717) is 6.04 Å². The molecule has 1 aliphatic rings. The minimum absolute atomic E-state index is 0.628. The maximum Gasteiger partial charge on any atom is 0.0201 e. The summed E-state index contributed by atoms with van der Waals surface area (Å²) < 4.78 is 0. The lowest BCUT2D eigenvalue weighted by Gasteiger charge is -2.24. The molecule has 3 atom stereocenters. The van der Waals surface area contributed by atoms with Gasteiger partial charge in [0.05, 0.1) is 0 Å². The average molecular weight is 277 g/mol. The number of aryl methyl sites for hydroxylation is 1. The molecule has 106 valence electrons. The summed E-state index contributed by atoms with van der Waals surface area (Å²) in [5.74, 6) is 1.25. The molecular formula is C17H27NS. The van der Waals surface area contributed by atoms with E-state index in [2.05, 4.69) is 61.3 Å². The molecule has 0 aliphatic heterocycles. The zero-order chi connectivity index (χ0) is 13.5. The predicted octanol–water partition coefficient (Wildman–Crippen LogP) is 4.27. The van der Waals surface area contributed by atoms with E-state index in [-0.39, 0.29) is 0 Å². The largest absolute Gasteiger partial charge is 0.310 e. The zero-order valence-electron chi connectivity index (χ0n) is 12.3. The van der Waals surface area contributed by atoms with Gasteiger partial charge in [0, 0.05) is 17.3 Å². The predicted molar refractivity (Wildman–Crippen MR) is 86.9 cm³/mol. The van der Waals surface area contributed by atoms with Crippen LogP contribution in [0.5, 0.6) is 0 Å². The standard InChI is InChI=1S/C17H27NS/c1-3-19-17-11-7-10-16(17)18-14(2)12-13-15-8-5-4-6-9-15/h4-6,8-9,14,16-18H,3,7,10-13H2,1-2H3. The molecule has 0 heterocycles. The van der Waals surface area contributed by atoms with E-state index in [1.807, 2.05) is 0 Å². The quantitative estimate of drug-likeness (QED) is 0.798. The van der Waals surface area contributed by atoms with Crippen molar-refractivity contribution < 1.29 is 0 Å². The molecule has 1 saturated carbocycles. The van der Waals surface area contributed by atoms with Gasteiger partial charge in [0.25, 0.3) is 0 Å². The van der Waals surface area contributed by atoms with Crippen molar-refractivity contribution in [1.82, 2.24) is 5.32 Å². The number of rotatable bonds is 7. The number of hydrogen-bond donors (Lipinski definition) is 1. The van der Waals surface area contributed by atoms with Crippen molar-refractivity contribution in [2.45, 2.75) is 63.3 Å². The molecule has 0 radical (unpaired) electrons. The fraction of sp³-hybridized carbons (Fsp3) is 0.647. The van der Waals surface area contributed by atoms with Crippen LogP contribution in [0.4, 0.5) is 0 Å². The molecule has 0 spiro atoms. The lowest BCUT2D eigenvalue weighted by atomic mass is 10.1. The summed E-state index contributed by atoms with van der Waals surface area (Å²) in [5.41, 5.74) is 1.46. The summed E-state index contributed by atoms with van der Waals surface area (Å²) in [4.78, 5) is 0. The highest BCUT2D eigenvalue weighted by atomic mass is 32.2. The van der Waals surface area contributed by atoms with Crippen LogP contribution in [0.1, 0.15) is 45.1 Å². The maximum atomic E-state index is 3.86. The molecule has 3 unspecified atom stereocenters. The number of thioether (sulfide) groups is 1. The highest BCUT2D eigenvalue weighted by Gasteiger charge is 2.27. The van der Waals surface area contributed by atoms with Crippen LogP contribution >= 0.6 is 11.8 Å². The Bertz CT molecular complexity index is 352. The monoisotopic (exact) mass is 277 g/mol. The Morgan fingerprint density at radius 1 is 1.26 bits per heavy atom. The molecule has 1 fully saturated rings. The minimum Gasteiger partial charge on any atom is -0.310 e. The first kappa shape index (κ1) is 14.9.